The predicted octanol–water partition coefficient (Wildman–Crippen LogP) is 0.200. The first kappa shape index (κ1) is 10.5. The van der Waals surface area contributed by atoms with Crippen LogP contribution in [0.2, 0.25) is 0 Å². The van der Waals surface area contributed by atoms with Crippen molar-refractivity contribution in [2.24, 2.45) is 12.0 Å². The first-order valence-electron chi connectivity index (χ1n) is 4.44. The lowest BCUT2D eigenvalue weighted by molar-refractivity contribution is 0.0994. The van der Waals surface area contributed by atoms with Gasteiger partial charge in [0, 0.05) is 31.0 Å². The van der Waals surface area contributed by atoms with Crippen molar-refractivity contribution in [1.29, 1.82) is 0 Å². The lowest BCUT2D eigenvalue weighted by Crippen LogP contribution is -2.14. The lowest BCUT2D eigenvalue weighted by Gasteiger charge is -1.96. The van der Waals surface area contributed by atoms with Crippen molar-refractivity contribution in [3.05, 3.63) is 34.5 Å². The topological polar surface area (TPSA) is 86.2 Å². The molecule has 0 saturated carbocycles. The molecule has 0 atom stereocenters. The molecule has 0 aliphatic heterocycles. The smallest absolute Gasteiger partial charge is 0.302 e. The van der Waals surface area contributed by atoms with Gasteiger partial charge in [-0.25, -0.2) is 9.97 Å². The normalized spacial score (nSPS) is 11.7. The first-order valence-corrected chi connectivity index (χ1v) is 5.32. The Morgan fingerprint density at radius 3 is 2.88 bits per heavy atom. The molecule has 0 saturated heterocycles. The lowest BCUT2D eigenvalue weighted by atomic mass is 10.4. The minimum atomic E-state index is -0.483. The van der Waals surface area contributed by atoms with E-state index in [1.807, 2.05) is 18.6 Å². The molecule has 0 unspecified atom stereocenters. The number of carbonyl (C=O) groups is 1. The van der Waals surface area contributed by atoms with Gasteiger partial charge in [0.15, 0.2) is 16.3 Å². The quantitative estimate of drug-likeness (QED) is 0.765. The highest BCUT2D eigenvalue weighted by molar-refractivity contribution is 7.07. The van der Waals surface area contributed by atoms with Crippen LogP contribution in [0.4, 0.5) is 5.82 Å². The van der Waals surface area contributed by atoms with Gasteiger partial charge in [0.25, 0.3) is 0 Å². The van der Waals surface area contributed by atoms with E-state index in [2.05, 4.69) is 15.0 Å². The maximum atomic E-state index is 11.7. The summed E-state index contributed by atoms with van der Waals surface area (Å²) in [7, 11) is 1.81. The van der Waals surface area contributed by atoms with Gasteiger partial charge in [0.05, 0.1) is 0 Å². The number of nitrogen functional groups attached to an aromatic ring is 1. The van der Waals surface area contributed by atoms with Gasteiger partial charge < -0.3 is 10.3 Å². The largest absolute Gasteiger partial charge is 0.382 e. The molecule has 2 heterocycles. The summed E-state index contributed by atoms with van der Waals surface area (Å²) < 4.78 is 1.75. The molecular formula is C9H9N5OS. The van der Waals surface area contributed by atoms with Crippen LogP contribution in [0.3, 0.4) is 0 Å². The van der Waals surface area contributed by atoms with Crippen LogP contribution in [0.5, 0.6) is 0 Å². The summed E-state index contributed by atoms with van der Waals surface area (Å²) in [5, 5.41) is 1.84. The number of nitrogens with zero attached hydrogens (tertiary/aromatic N) is 4. The molecule has 2 aromatic heterocycles. The van der Waals surface area contributed by atoms with Crippen molar-refractivity contribution in [2.45, 2.75) is 0 Å². The van der Waals surface area contributed by atoms with E-state index in [0.29, 0.717) is 4.80 Å². The van der Waals surface area contributed by atoms with Gasteiger partial charge in [-0.2, -0.15) is 4.99 Å². The van der Waals surface area contributed by atoms with Crippen molar-refractivity contribution >= 4 is 23.1 Å². The van der Waals surface area contributed by atoms with E-state index >= 15 is 0 Å². The van der Waals surface area contributed by atoms with E-state index in [-0.39, 0.29) is 11.5 Å². The van der Waals surface area contributed by atoms with Crippen LogP contribution in [-0.4, -0.2) is 20.4 Å². The van der Waals surface area contributed by atoms with E-state index in [9.17, 15) is 4.79 Å². The number of rotatable bonds is 1. The fourth-order valence-electron chi connectivity index (χ4n) is 1.09. The second kappa shape index (κ2) is 4.23. The standard InChI is InChI=1S/C9H9N5OS/c1-14-4-5-16-9(14)13-8(15)6-7(10)12-3-2-11-6/h2-5H,1H3,(H2,10,12). The fraction of sp³-hybridized carbons (Fsp3) is 0.111. The van der Waals surface area contributed by atoms with E-state index in [1.54, 1.807) is 4.57 Å². The SMILES string of the molecule is Cn1ccsc1=NC(=O)c1nccnc1N. The molecule has 0 spiro atoms. The number of thiazole rings is 1. The third kappa shape index (κ3) is 1.98. The monoisotopic (exact) mass is 235 g/mol. The Morgan fingerprint density at radius 2 is 2.25 bits per heavy atom. The molecule has 82 valence electrons. The Bertz CT molecular complexity index is 585. The second-order valence-electron chi connectivity index (χ2n) is 3.00. The third-order valence-electron chi connectivity index (χ3n) is 1.89. The molecule has 0 fully saturated rings. The molecule has 1 amide bonds. The molecule has 0 bridgehead atoms. The summed E-state index contributed by atoms with van der Waals surface area (Å²) in [5.74, 6) is -0.390. The van der Waals surface area contributed by atoms with E-state index in [0.717, 1.165) is 0 Å². The van der Waals surface area contributed by atoms with Gasteiger partial charge in [-0.05, 0) is 0 Å². The molecule has 6 nitrogen and oxygen atoms in total. The Kier molecular flexibility index (Phi) is 2.78. The minimum Gasteiger partial charge on any atom is -0.382 e. The van der Waals surface area contributed by atoms with Crippen LogP contribution in [0.1, 0.15) is 10.5 Å². The summed E-state index contributed by atoms with van der Waals surface area (Å²) in [6.07, 6.45) is 4.65. The summed E-state index contributed by atoms with van der Waals surface area (Å²) in [6.45, 7) is 0. The Balaban J connectivity index is 2.43. The van der Waals surface area contributed by atoms with Crippen LogP contribution < -0.4 is 10.5 Å². The highest BCUT2D eigenvalue weighted by atomic mass is 32.1. The summed E-state index contributed by atoms with van der Waals surface area (Å²) in [5.41, 5.74) is 5.61. The van der Waals surface area contributed by atoms with Gasteiger partial charge in [-0.3, -0.25) is 4.79 Å². The van der Waals surface area contributed by atoms with Crippen molar-refractivity contribution in [2.75, 3.05) is 5.73 Å². The third-order valence-corrected chi connectivity index (χ3v) is 2.73. The number of hydrogen-bond donors (Lipinski definition) is 1. The number of amides is 1. The van der Waals surface area contributed by atoms with Crippen molar-refractivity contribution in [3.8, 4) is 0 Å². The Hall–Kier alpha value is -2.02. The number of nitrogens with two attached hydrogens (primary N) is 1. The minimum absolute atomic E-state index is 0.0795. The number of aryl methyl sites for hydroxylation is 1. The predicted molar refractivity (Wildman–Crippen MR) is 59.6 cm³/mol. The van der Waals surface area contributed by atoms with Crippen LogP contribution in [0.25, 0.3) is 0 Å². The van der Waals surface area contributed by atoms with Crippen LogP contribution in [0.15, 0.2) is 29.0 Å². The summed E-state index contributed by atoms with van der Waals surface area (Å²) in [4.78, 5) is 23.9. The Labute approximate surface area is 95.1 Å². The van der Waals surface area contributed by atoms with Crippen LogP contribution in [0, 0.1) is 0 Å². The van der Waals surface area contributed by atoms with Crippen molar-refractivity contribution < 1.29 is 4.79 Å². The van der Waals surface area contributed by atoms with Gasteiger partial charge in [-0.15, -0.1) is 11.3 Å². The van der Waals surface area contributed by atoms with Gasteiger partial charge in [-0.1, -0.05) is 0 Å². The van der Waals surface area contributed by atoms with Crippen LogP contribution in [-0.2, 0) is 7.05 Å². The first-order chi connectivity index (χ1) is 7.68. The maximum absolute atomic E-state index is 11.7. The number of anilines is 1. The maximum Gasteiger partial charge on any atom is 0.302 e. The van der Waals surface area contributed by atoms with Gasteiger partial charge in [0.1, 0.15) is 0 Å². The number of hydrogen-bond acceptors (Lipinski definition) is 5. The van der Waals surface area contributed by atoms with Gasteiger partial charge >= 0.3 is 5.91 Å². The molecule has 0 aliphatic carbocycles. The average molecular weight is 235 g/mol. The van der Waals surface area contributed by atoms with Crippen molar-refractivity contribution in [3.63, 3.8) is 0 Å². The fourth-order valence-corrected chi connectivity index (χ4v) is 1.82. The highest BCUT2D eigenvalue weighted by Crippen LogP contribution is 2.04. The molecule has 0 aliphatic rings. The molecule has 16 heavy (non-hydrogen) atoms. The zero-order chi connectivity index (χ0) is 11.5. The molecule has 2 rings (SSSR count). The zero-order valence-electron chi connectivity index (χ0n) is 8.49. The zero-order valence-corrected chi connectivity index (χ0v) is 9.31. The average Bonchev–Trinajstić information content (AvgIpc) is 2.65. The van der Waals surface area contributed by atoms with Crippen LogP contribution >= 0.6 is 11.3 Å². The van der Waals surface area contributed by atoms with Crippen molar-refractivity contribution in [1.82, 2.24) is 14.5 Å². The highest BCUT2D eigenvalue weighted by Gasteiger charge is 2.10. The summed E-state index contributed by atoms with van der Waals surface area (Å²) in [6, 6.07) is 0. The molecule has 0 aromatic carbocycles. The molecule has 7 heteroatoms. The van der Waals surface area contributed by atoms with E-state index < -0.39 is 5.91 Å². The second-order valence-corrected chi connectivity index (χ2v) is 3.88. The van der Waals surface area contributed by atoms with Gasteiger partial charge in [0.2, 0.25) is 0 Å². The van der Waals surface area contributed by atoms with E-state index in [4.69, 9.17) is 5.73 Å². The molecule has 0 radical (unpaired) electrons. The Morgan fingerprint density at radius 1 is 1.50 bits per heavy atom. The number of aromatic nitrogens is 3. The molecular weight excluding hydrogens is 226 g/mol. The number of carbonyl (C=O) groups excluding carboxylic acids is 1. The molecule has 2 N–H and O–H groups in total. The van der Waals surface area contributed by atoms with E-state index in [1.165, 1.54) is 23.7 Å². The summed E-state index contributed by atoms with van der Waals surface area (Å²) >= 11 is 1.36. The molecule has 2 aromatic rings.